The van der Waals surface area contributed by atoms with Gasteiger partial charge in [-0.25, -0.2) is 9.48 Å². The van der Waals surface area contributed by atoms with E-state index in [-0.39, 0.29) is 12.3 Å². The smallest absolute Gasteiger partial charge is 0.408 e. The molecule has 0 spiro atoms. The van der Waals surface area contributed by atoms with E-state index in [2.05, 4.69) is 22.6 Å². The van der Waals surface area contributed by atoms with Crippen LogP contribution in [-0.2, 0) is 16.1 Å². The highest BCUT2D eigenvalue weighted by molar-refractivity contribution is 5.86. The van der Waals surface area contributed by atoms with Gasteiger partial charge in [-0.05, 0) is 34.6 Å². The Morgan fingerprint density at radius 3 is 2.63 bits per heavy atom. The number of ketones is 1. The first kappa shape index (κ1) is 15.1. The molecule has 19 heavy (non-hydrogen) atoms. The van der Waals surface area contributed by atoms with Gasteiger partial charge in [0.25, 0.3) is 0 Å². The van der Waals surface area contributed by atoms with Crippen molar-refractivity contribution in [3.05, 3.63) is 18.8 Å². The van der Waals surface area contributed by atoms with Gasteiger partial charge < -0.3 is 10.1 Å². The number of carbonyl (C=O) groups excluding carboxylic acids is 2. The van der Waals surface area contributed by atoms with Crippen molar-refractivity contribution in [2.45, 2.75) is 45.9 Å². The Bertz CT molecular complexity index is 462. The Labute approximate surface area is 112 Å². The highest BCUT2D eigenvalue weighted by Gasteiger charge is 2.21. The van der Waals surface area contributed by atoms with Crippen molar-refractivity contribution in [2.24, 2.45) is 0 Å². The molecule has 0 aliphatic rings. The molecule has 1 heterocycles. The third-order valence-corrected chi connectivity index (χ3v) is 2.12. The predicted molar refractivity (Wildman–Crippen MR) is 68.3 cm³/mol. The van der Waals surface area contributed by atoms with Gasteiger partial charge in [-0.15, -0.1) is 5.10 Å². The van der Waals surface area contributed by atoms with Crippen LogP contribution in [0.25, 0.3) is 0 Å². The molecule has 0 aliphatic carbocycles. The molecule has 1 aromatic heterocycles. The fourth-order valence-corrected chi connectivity index (χ4v) is 1.28. The van der Waals surface area contributed by atoms with E-state index in [1.807, 2.05) is 0 Å². The summed E-state index contributed by atoms with van der Waals surface area (Å²) in [5, 5.41) is 9.87. The number of aromatic nitrogens is 3. The fraction of sp³-hybridized carbons (Fsp3) is 0.583. The average molecular weight is 267 g/mol. The zero-order chi connectivity index (χ0) is 14.6. The zero-order valence-electron chi connectivity index (χ0n) is 11.6. The lowest BCUT2D eigenvalue weighted by Gasteiger charge is -2.21. The van der Waals surface area contributed by atoms with E-state index in [9.17, 15) is 9.59 Å². The van der Waals surface area contributed by atoms with Crippen molar-refractivity contribution < 1.29 is 14.3 Å². The Kier molecular flexibility index (Phi) is 4.63. The summed E-state index contributed by atoms with van der Waals surface area (Å²) >= 11 is 0. The van der Waals surface area contributed by atoms with Crippen LogP contribution >= 0.6 is 0 Å². The number of amides is 1. The molecule has 0 saturated carbocycles. The van der Waals surface area contributed by atoms with E-state index >= 15 is 0 Å². The molecule has 0 fully saturated rings. The van der Waals surface area contributed by atoms with Crippen molar-refractivity contribution in [3.8, 4) is 0 Å². The first-order valence-corrected chi connectivity index (χ1v) is 5.92. The minimum absolute atomic E-state index is 0.0273. The summed E-state index contributed by atoms with van der Waals surface area (Å²) in [4.78, 5) is 23.3. The van der Waals surface area contributed by atoms with E-state index in [4.69, 9.17) is 4.74 Å². The predicted octanol–water partition coefficient (Wildman–Crippen LogP) is 0.943. The van der Waals surface area contributed by atoms with Crippen LogP contribution in [0, 0.1) is 6.92 Å². The molecule has 0 bridgehead atoms. The fourth-order valence-electron chi connectivity index (χ4n) is 1.28. The standard InChI is InChI=1S/C12H19N4O3/c1-8-6-16(15-14-8)7-10(17)9(2)13-11(18)19-12(3,4)5/h6,9H,1,7H2,2-5H3,(H,13,18)/t9-/m0/s1. The molecule has 0 aromatic carbocycles. The normalized spacial score (nSPS) is 12.9. The SMILES string of the molecule is [CH2]c1cn(CC(=O)[C@H](C)NC(=O)OC(C)(C)C)nn1. The number of hydrogen-bond acceptors (Lipinski definition) is 5. The Morgan fingerprint density at radius 1 is 1.53 bits per heavy atom. The molecule has 7 nitrogen and oxygen atoms in total. The second-order valence-electron chi connectivity index (χ2n) is 5.24. The third kappa shape index (κ3) is 5.50. The lowest BCUT2D eigenvalue weighted by Crippen LogP contribution is -2.42. The largest absolute Gasteiger partial charge is 0.444 e. The van der Waals surface area contributed by atoms with Crippen molar-refractivity contribution in [1.29, 1.82) is 0 Å². The second-order valence-corrected chi connectivity index (χ2v) is 5.24. The van der Waals surface area contributed by atoms with Crippen LogP contribution in [0.5, 0.6) is 0 Å². The van der Waals surface area contributed by atoms with E-state index in [1.165, 1.54) is 4.68 Å². The molecule has 105 valence electrons. The number of nitrogens with one attached hydrogen (secondary N) is 1. The molecule has 0 aliphatic heterocycles. The summed E-state index contributed by atoms with van der Waals surface area (Å²) in [6, 6.07) is -0.660. The third-order valence-electron chi connectivity index (χ3n) is 2.12. The van der Waals surface area contributed by atoms with Gasteiger partial charge in [0.15, 0.2) is 5.78 Å². The van der Waals surface area contributed by atoms with Gasteiger partial charge in [0.1, 0.15) is 12.1 Å². The Hall–Kier alpha value is -1.92. The van der Waals surface area contributed by atoms with Gasteiger partial charge in [0, 0.05) is 6.20 Å². The van der Waals surface area contributed by atoms with Crippen LogP contribution in [-0.4, -0.2) is 38.5 Å². The van der Waals surface area contributed by atoms with Crippen LogP contribution < -0.4 is 5.32 Å². The van der Waals surface area contributed by atoms with Crippen molar-refractivity contribution in [1.82, 2.24) is 20.3 Å². The van der Waals surface area contributed by atoms with E-state index in [0.717, 1.165) is 0 Å². The molecular weight excluding hydrogens is 248 g/mol. The van der Waals surface area contributed by atoms with Gasteiger partial charge in [-0.3, -0.25) is 4.79 Å². The number of Topliss-reactive ketones (excluding diaryl/α,β-unsaturated/α-hetero) is 1. The first-order valence-electron chi connectivity index (χ1n) is 5.92. The molecule has 1 radical (unpaired) electrons. The molecular formula is C12H19N4O3. The number of hydrogen-bond donors (Lipinski definition) is 1. The summed E-state index contributed by atoms with van der Waals surface area (Å²) in [5.74, 6) is -0.198. The first-order chi connectivity index (χ1) is 8.67. The molecule has 1 amide bonds. The van der Waals surface area contributed by atoms with Gasteiger partial charge in [-0.1, -0.05) is 5.21 Å². The maximum atomic E-state index is 11.8. The van der Waals surface area contributed by atoms with Crippen LogP contribution in [0.1, 0.15) is 33.4 Å². The Morgan fingerprint density at radius 2 is 2.16 bits per heavy atom. The monoisotopic (exact) mass is 267 g/mol. The molecule has 0 unspecified atom stereocenters. The number of nitrogens with zero attached hydrogens (tertiary/aromatic N) is 3. The molecule has 7 heteroatoms. The molecule has 1 aromatic rings. The van der Waals surface area contributed by atoms with Crippen LogP contribution in [0.15, 0.2) is 6.20 Å². The van der Waals surface area contributed by atoms with Crippen LogP contribution in [0.2, 0.25) is 0 Å². The summed E-state index contributed by atoms with van der Waals surface area (Å²) in [6.45, 7) is 10.5. The van der Waals surface area contributed by atoms with Crippen molar-refractivity contribution in [2.75, 3.05) is 0 Å². The molecule has 1 N–H and O–H groups in total. The maximum absolute atomic E-state index is 11.8. The molecule has 1 atom stereocenters. The van der Waals surface area contributed by atoms with E-state index in [0.29, 0.717) is 5.69 Å². The second kappa shape index (κ2) is 5.81. The van der Waals surface area contributed by atoms with Crippen LogP contribution in [0.3, 0.4) is 0 Å². The lowest BCUT2D eigenvalue weighted by molar-refractivity contribution is -0.121. The number of rotatable bonds is 4. The quantitative estimate of drug-likeness (QED) is 0.877. The summed E-state index contributed by atoms with van der Waals surface area (Å²) < 4.78 is 6.44. The van der Waals surface area contributed by atoms with Gasteiger partial charge in [0.2, 0.25) is 0 Å². The highest BCUT2D eigenvalue weighted by Crippen LogP contribution is 2.06. The maximum Gasteiger partial charge on any atom is 0.408 e. The average Bonchev–Trinajstić information content (AvgIpc) is 2.60. The highest BCUT2D eigenvalue weighted by atomic mass is 16.6. The van der Waals surface area contributed by atoms with Crippen molar-refractivity contribution >= 4 is 11.9 Å². The Balaban J connectivity index is 2.47. The number of alkyl carbamates (subject to hydrolysis) is 1. The van der Waals surface area contributed by atoms with Crippen molar-refractivity contribution in [3.63, 3.8) is 0 Å². The van der Waals surface area contributed by atoms with Gasteiger partial charge >= 0.3 is 6.09 Å². The topological polar surface area (TPSA) is 86.1 Å². The van der Waals surface area contributed by atoms with Gasteiger partial charge in [0.05, 0.1) is 11.7 Å². The number of carbonyl (C=O) groups is 2. The van der Waals surface area contributed by atoms with Gasteiger partial charge in [-0.2, -0.15) is 0 Å². The van der Waals surface area contributed by atoms with E-state index < -0.39 is 17.7 Å². The summed E-state index contributed by atoms with van der Waals surface area (Å²) in [5.41, 5.74) is -0.109. The molecule has 0 saturated heterocycles. The lowest BCUT2D eigenvalue weighted by atomic mass is 10.2. The molecule has 1 rings (SSSR count). The van der Waals surface area contributed by atoms with Crippen LogP contribution in [0.4, 0.5) is 4.79 Å². The summed E-state index contributed by atoms with van der Waals surface area (Å²) in [7, 11) is 0. The number of ether oxygens (including phenoxy) is 1. The summed E-state index contributed by atoms with van der Waals surface area (Å²) in [6.07, 6.45) is 0.933. The van der Waals surface area contributed by atoms with E-state index in [1.54, 1.807) is 33.9 Å². The minimum Gasteiger partial charge on any atom is -0.444 e. The zero-order valence-corrected chi connectivity index (χ0v) is 11.6. The minimum atomic E-state index is -0.660.